The normalized spacial score (nSPS) is 13.4. The van der Waals surface area contributed by atoms with Crippen LogP contribution >= 0.6 is 41.0 Å². The molecule has 1 atom stereocenters. The van der Waals surface area contributed by atoms with Gasteiger partial charge in [-0.2, -0.15) is 0 Å². The number of pyridine rings is 1. The van der Waals surface area contributed by atoms with Crippen LogP contribution in [-0.4, -0.2) is 17.4 Å². The van der Waals surface area contributed by atoms with Crippen LogP contribution in [0.25, 0.3) is 0 Å². The van der Waals surface area contributed by atoms with Gasteiger partial charge in [-0.25, -0.2) is 8.42 Å². The van der Waals surface area contributed by atoms with Gasteiger partial charge in [0.2, 0.25) is 0 Å². The highest BCUT2D eigenvalue weighted by atomic mass is 127. The molecule has 2 rings (SSSR count). The second kappa shape index (κ2) is 6.02. The largest absolute Gasteiger partial charge is 0.285 e. The van der Waals surface area contributed by atoms with Crippen molar-refractivity contribution in [2.45, 2.75) is 17.7 Å². The molecule has 1 unspecified atom stereocenters. The summed E-state index contributed by atoms with van der Waals surface area (Å²) < 4.78 is 24.6. The monoisotopic (exact) mass is 428 g/mol. The zero-order valence-corrected chi connectivity index (χ0v) is 14.4. The summed E-state index contributed by atoms with van der Waals surface area (Å²) in [4.78, 5) is 4.40. The van der Waals surface area contributed by atoms with E-state index in [0.717, 1.165) is 11.4 Å². The van der Waals surface area contributed by atoms with Crippen LogP contribution in [0.15, 0.2) is 41.6 Å². The Morgan fingerprint density at radius 3 is 2.74 bits per heavy atom. The van der Waals surface area contributed by atoms with Crippen LogP contribution in [-0.2, 0) is 9.05 Å². The average molecular weight is 429 g/mol. The predicted octanol–water partition coefficient (Wildman–Crippen LogP) is 3.81. The van der Waals surface area contributed by atoms with E-state index in [9.17, 15) is 8.42 Å². The number of aromatic nitrogens is 2. The summed E-state index contributed by atoms with van der Waals surface area (Å²) in [5, 5.41) is 0. The number of halogens is 2. The van der Waals surface area contributed by atoms with E-state index >= 15 is 0 Å². The molecular weight excluding hydrogens is 419 g/mol. The van der Waals surface area contributed by atoms with E-state index in [1.807, 2.05) is 25.1 Å². The highest BCUT2D eigenvalue weighted by Crippen LogP contribution is 2.32. The van der Waals surface area contributed by atoms with Crippen LogP contribution < -0.4 is 0 Å². The second-order valence-corrected chi connectivity index (χ2v) is 8.19. The minimum atomic E-state index is -3.72. The molecule has 102 valence electrons. The number of nitrogens with zero attached hydrogens (tertiary/aromatic N) is 2. The van der Waals surface area contributed by atoms with Crippen LogP contribution in [0.3, 0.4) is 0 Å². The average Bonchev–Trinajstić information content (AvgIpc) is 2.83. The van der Waals surface area contributed by atoms with Gasteiger partial charge in [-0.05, 0) is 18.2 Å². The molecule has 0 saturated heterocycles. The summed E-state index contributed by atoms with van der Waals surface area (Å²) in [6.45, 7) is 1.98. The topological polar surface area (TPSA) is 52.0 Å². The Bertz CT molecular complexity index is 673. The lowest BCUT2D eigenvalue weighted by molar-refractivity contribution is 0.609. The first-order valence-corrected chi connectivity index (χ1v) is 10.9. The zero-order chi connectivity index (χ0) is 14.0. The third-order valence-electron chi connectivity index (χ3n) is 2.72. The summed E-state index contributed by atoms with van der Waals surface area (Å²) in [5.74, 6) is -0.0179. The lowest BCUT2D eigenvalue weighted by atomic mass is 10.0. The number of rotatable bonds is 4. The van der Waals surface area contributed by atoms with Crippen molar-refractivity contribution in [3.8, 4) is 0 Å². The Labute approximate surface area is 132 Å². The summed E-state index contributed by atoms with van der Waals surface area (Å²) in [7, 11) is 3.06. The van der Waals surface area contributed by atoms with E-state index in [-0.39, 0.29) is 10.8 Å². The Hall–Kier alpha value is -0.250. The van der Waals surface area contributed by atoms with Crippen molar-refractivity contribution in [1.29, 1.82) is 0 Å². The minimum Gasteiger partial charge on any atom is -0.285 e. The minimum absolute atomic E-state index is 0.0179. The first-order valence-electron chi connectivity index (χ1n) is 5.30. The molecule has 0 radical (unpaired) electrons. The maximum atomic E-state index is 11.4. The third kappa shape index (κ3) is 3.45. The van der Waals surface area contributed by atoms with Gasteiger partial charge in [0.15, 0.2) is 0 Å². The van der Waals surface area contributed by atoms with Crippen molar-refractivity contribution >= 4 is 50.1 Å². The van der Waals surface area contributed by atoms with Gasteiger partial charge in [-0.1, -0.05) is 13.0 Å². The van der Waals surface area contributed by atoms with Crippen LogP contribution in [0.2, 0.25) is 0 Å². The first kappa shape index (κ1) is 15.1. The summed E-state index contributed by atoms with van der Waals surface area (Å²) >= 11 is 2.09. The van der Waals surface area contributed by atoms with Crippen molar-refractivity contribution in [2.75, 3.05) is 0 Å². The van der Waals surface area contributed by atoms with Crippen molar-refractivity contribution in [1.82, 2.24) is 8.96 Å². The molecule has 8 heteroatoms. The van der Waals surface area contributed by atoms with Gasteiger partial charge in [0.05, 0.1) is 0 Å². The van der Waals surface area contributed by atoms with Crippen LogP contribution in [0.1, 0.15) is 24.2 Å². The molecule has 19 heavy (non-hydrogen) atoms. The first-order chi connectivity index (χ1) is 8.93. The van der Waals surface area contributed by atoms with Crippen molar-refractivity contribution in [3.63, 3.8) is 0 Å². The van der Waals surface area contributed by atoms with Crippen LogP contribution in [0.4, 0.5) is 0 Å². The standard InChI is InChI=1S/C11H10ClIN2O2S2/c1-8(10-4-2-3-5-14-10)11-6-9(19(12,16)17)7-15(11)18-13/h2-8H,1H3. The SMILES string of the molecule is CC(c1ccccn1)c1cc(S(=O)(=O)Cl)cn1SI. The van der Waals surface area contributed by atoms with Gasteiger partial charge in [0, 0.05) is 70.7 Å². The predicted molar refractivity (Wildman–Crippen MR) is 86.2 cm³/mol. The number of hydrogen-bond acceptors (Lipinski definition) is 4. The fourth-order valence-corrected chi connectivity index (χ4v) is 4.01. The molecular formula is C11H10ClIN2O2S2. The van der Waals surface area contributed by atoms with Gasteiger partial charge in [-0.15, -0.1) is 0 Å². The molecule has 0 N–H and O–H groups in total. The molecule has 2 aromatic rings. The highest BCUT2D eigenvalue weighted by Gasteiger charge is 2.20. The molecule has 0 bridgehead atoms. The maximum absolute atomic E-state index is 11.4. The summed E-state index contributed by atoms with van der Waals surface area (Å²) in [6, 6.07) is 7.25. The smallest absolute Gasteiger partial charge is 0.262 e. The van der Waals surface area contributed by atoms with E-state index in [2.05, 4.69) is 26.2 Å². The lowest BCUT2D eigenvalue weighted by Gasteiger charge is -2.12. The Morgan fingerprint density at radius 2 is 2.21 bits per heavy atom. The van der Waals surface area contributed by atoms with Gasteiger partial charge in [-0.3, -0.25) is 8.96 Å². The van der Waals surface area contributed by atoms with E-state index in [1.165, 1.54) is 15.3 Å². The lowest BCUT2D eigenvalue weighted by Crippen LogP contribution is -2.02. The molecule has 4 nitrogen and oxygen atoms in total. The second-order valence-electron chi connectivity index (χ2n) is 3.91. The molecule has 0 aromatic carbocycles. The maximum Gasteiger partial charge on any atom is 0.262 e. The Balaban J connectivity index is 2.48. The van der Waals surface area contributed by atoms with Crippen LogP contribution in [0, 0.1) is 0 Å². The highest BCUT2D eigenvalue weighted by molar-refractivity contribution is 14.2. The number of hydrogen-bond donors (Lipinski definition) is 0. The van der Waals surface area contributed by atoms with Crippen molar-refractivity contribution < 1.29 is 8.42 Å². The molecule has 0 amide bonds. The van der Waals surface area contributed by atoms with Gasteiger partial charge < -0.3 is 0 Å². The Morgan fingerprint density at radius 1 is 1.47 bits per heavy atom. The molecule has 2 aromatic heterocycles. The molecule has 0 spiro atoms. The van der Waals surface area contributed by atoms with E-state index < -0.39 is 9.05 Å². The van der Waals surface area contributed by atoms with E-state index in [1.54, 1.807) is 16.2 Å². The van der Waals surface area contributed by atoms with Crippen LogP contribution in [0.5, 0.6) is 0 Å². The fourth-order valence-electron chi connectivity index (χ4n) is 1.73. The Kier molecular flexibility index (Phi) is 4.80. The molecule has 0 fully saturated rings. The van der Waals surface area contributed by atoms with Gasteiger partial charge in [0.25, 0.3) is 9.05 Å². The molecule has 0 aliphatic heterocycles. The summed E-state index contributed by atoms with van der Waals surface area (Å²) in [5.41, 5.74) is 1.73. The van der Waals surface area contributed by atoms with E-state index in [0.29, 0.717) is 0 Å². The zero-order valence-electron chi connectivity index (χ0n) is 9.82. The summed E-state index contributed by atoms with van der Waals surface area (Å²) in [6.07, 6.45) is 3.24. The van der Waals surface area contributed by atoms with Crippen molar-refractivity contribution in [3.05, 3.63) is 48.0 Å². The van der Waals surface area contributed by atoms with Gasteiger partial charge >= 0.3 is 0 Å². The van der Waals surface area contributed by atoms with Gasteiger partial charge in [0.1, 0.15) is 4.90 Å². The van der Waals surface area contributed by atoms with E-state index in [4.69, 9.17) is 10.7 Å². The molecule has 0 aliphatic rings. The third-order valence-corrected chi connectivity index (χ3v) is 5.78. The quantitative estimate of drug-likeness (QED) is 0.549. The molecule has 2 heterocycles. The fraction of sp³-hybridized carbons (Fsp3) is 0.182. The van der Waals surface area contributed by atoms with Crippen molar-refractivity contribution in [2.24, 2.45) is 0 Å². The molecule has 0 aliphatic carbocycles. The molecule has 0 saturated carbocycles.